The first-order chi connectivity index (χ1) is 11.2. The Hall–Kier alpha value is -2.64. The third-order valence-electron chi connectivity index (χ3n) is 4.41. The van der Waals surface area contributed by atoms with E-state index in [0.29, 0.717) is 5.92 Å². The second kappa shape index (κ2) is 5.53. The zero-order valence-corrected chi connectivity index (χ0v) is 13.3. The third kappa shape index (κ3) is 2.49. The first-order valence-electron chi connectivity index (χ1n) is 7.85. The van der Waals surface area contributed by atoms with E-state index in [2.05, 4.69) is 35.0 Å². The summed E-state index contributed by atoms with van der Waals surface area (Å²) < 4.78 is 0. The smallest absolute Gasteiger partial charge is 0.244 e. The van der Waals surface area contributed by atoms with Crippen LogP contribution in [0.1, 0.15) is 24.6 Å². The molecule has 1 aliphatic rings. The van der Waals surface area contributed by atoms with Crippen LogP contribution in [0, 0.1) is 0 Å². The van der Waals surface area contributed by atoms with Crippen LogP contribution in [-0.2, 0) is 0 Å². The molecule has 3 aromatic rings. The molecule has 120 valence electrons. The number of nitrogens with one attached hydrogen (secondary N) is 2. The van der Waals surface area contributed by atoms with Crippen molar-refractivity contribution < 1.29 is 0 Å². The van der Waals surface area contributed by atoms with E-state index in [1.807, 2.05) is 31.3 Å². The highest BCUT2D eigenvalue weighted by Crippen LogP contribution is 2.30. The van der Waals surface area contributed by atoms with E-state index >= 15 is 0 Å². The number of anilines is 2. The van der Waals surface area contributed by atoms with Crippen LogP contribution in [0.15, 0.2) is 18.6 Å². The summed E-state index contributed by atoms with van der Waals surface area (Å²) in [5.74, 6) is 3.17. The molecule has 0 aliphatic carbocycles. The number of aromatic amines is 2. The SMILES string of the molecule is CN(C)c1n[nH]c(C2CCN(c3ncnc4[nH]ccc34)CC2)n1. The number of fused-ring (bicyclic) bond motifs is 1. The molecular formula is C15H20N8. The van der Waals surface area contributed by atoms with E-state index in [4.69, 9.17) is 0 Å². The minimum atomic E-state index is 0.427. The molecule has 23 heavy (non-hydrogen) atoms. The quantitative estimate of drug-likeness (QED) is 0.762. The van der Waals surface area contributed by atoms with Crippen LogP contribution >= 0.6 is 0 Å². The lowest BCUT2D eigenvalue weighted by Crippen LogP contribution is -2.34. The minimum Gasteiger partial charge on any atom is -0.356 e. The summed E-state index contributed by atoms with van der Waals surface area (Å²) in [7, 11) is 3.90. The van der Waals surface area contributed by atoms with Crippen LogP contribution in [0.5, 0.6) is 0 Å². The highest BCUT2D eigenvalue weighted by atomic mass is 15.3. The van der Waals surface area contributed by atoms with Crippen molar-refractivity contribution in [3.8, 4) is 0 Å². The highest BCUT2D eigenvalue weighted by Gasteiger charge is 2.25. The van der Waals surface area contributed by atoms with Crippen LogP contribution in [-0.4, -0.2) is 57.3 Å². The predicted octanol–water partition coefficient (Wildman–Crippen LogP) is 1.53. The maximum atomic E-state index is 4.58. The molecule has 1 fully saturated rings. The lowest BCUT2D eigenvalue weighted by atomic mass is 9.96. The fourth-order valence-corrected chi connectivity index (χ4v) is 3.12. The van der Waals surface area contributed by atoms with Crippen LogP contribution in [0.25, 0.3) is 11.0 Å². The maximum absolute atomic E-state index is 4.58. The van der Waals surface area contributed by atoms with E-state index in [9.17, 15) is 0 Å². The van der Waals surface area contributed by atoms with Crippen molar-refractivity contribution in [2.75, 3.05) is 37.0 Å². The van der Waals surface area contributed by atoms with Crippen molar-refractivity contribution in [1.82, 2.24) is 30.1 Å². The molecule has 0 atom stereocenters. The lowest BCUT2D eigenvalue weighted by molar-refractivity contribution is 0.485. The summed E-state index contributed by atoms with van der Waals surface area (Å²) in [6, 6.07) is 2.04. The number of rotatable bonds is 3. The topological polar surface area (TPSA) is 89.6 Å². The second-order valence-corrected chi connectivity index (χ2v) is 6.11. The van der Waals surface area contributed by atoms with Gasteiger partial charge in [0.15, 0.2) is 0 Å². The Balaban J connectivity index is 1.49. The molecule has 0 radical (unpaired) electrons. The molecule has 0 amide bonds. The Morgan fingerprint density at radius 2 is 2.04 bits per heavy atom. The second-order valence-electron chi connectivity index (χ2n) is 6.11. The minimum absolute atomic E-state index is 0.427. The van der Waals surface area contributed by atoms with Gasteiger partial charge >= 0.3 is 0 Å². The van der Waals surface area contributed by atoms with Crippen LogP contribution in [0.4, 0.5) is 11.8 Å². The van der Waals surface area contributed by atoms with E-state index in [-0.39, 0.29) is 0 Å². The summed E-state index contributed by atoms with van der Waals surface area (Å²) in [5, 5.41) is 8.42. The van der Waals surface area contributed by atoms with Crippen molar-refractivity contribution in [1.29, 1.82) is 0 Å². The predicted molar refractivity (Wildman–Crippen MR) is 88.8 cm³/mol. The summed E-state index contributed by atoms with van der Waals surface area (Å²) in [6.07, 6.45) is 5.61. The van der Waals surface area contributed by atoms with Crippen molar-refractivity contribution in [3.05, 3.63) is 24.4 Å². The normalized spacial score (nSPS) is 16.2. The van der Waals surface area contributed by atoms with Crippen molar-refractivity contribution in [2.45, 2.75) is 18.8 Å². The van der Waals surface area contributed by atoms with Gasteiger partial charge in [-0.05, 0) is 18.9 Å². The van der Waals surface area contributed by atoms with Gasteiger partial charge < -0.3 is 14.8 Å². The van der Waals surface area contributed by atoms with Gasteiger partial charge in [0.2, 0.25) is 5.95 Å². The standard InChI is InChI=1S/C15H20N8/c1-22(2)15-19-12(20-21-15)10-4-7-23(8-5-10)14-11-3-6-16-13(11)17-9-18-14/h3,6,9-10H,4-5,7-8H2,1-2H3,(H,16,17,18)(H,19,20,21). The van der Waals surface area contributed by atoms with Gasteiger partial charge in [-0.2, -0.15) is 4.98 Å². The first kappa shape index (κ1) is 14.0. The average Bonchev–Trinajstić information content (AvgIpc) is 3.24. The van der Waals surface area contributed by atoms with Gasteiger partial charge in [-0.25, -0.2) is 9.97 Å². The summed E-state index contributed by atoms with van der Waals surface area (Å²) in [5.41, 5.74) is 0.892. The van der Waals surface area contributed by atoms with Gasteiger partial charge in [-0.15, -0.1) is 5.10 Å². The third-order valence-corrected chi connectivity index (χ3v) is 4.41. The van der Waals surface area contributed by atoms with E-state index in [0.717, 1.165) is 54.6 Å². The van der Waals surface area contributed by atoms with Gasteiger partial charge in [0.05, 0.1) is 5.39 Å². The summed E-state index contributed by atoms with van der Waals surface area (Å²) in [4.78, 5) is 20.7. The zero-order chi connectivity index (χ0) is 15.8. The van der Waals surface area contributed by atoms with E-state index < -0.39 is 0 Å². The Bertz CT molecular complexity index is 797. The zero-order valence-electron chi connectivity index (χ0n) is 13.3. The van der Waals surface area contributed by atoms with Gasteiger partial charge in [0, 0.05) is 39.3 Å². The Kier molecular flexibility index (Phi) is 3.36. The molecular weight excluding hydrogens is 292 g/mol. The molecule has 1 saturated heterocycles. The lowest BCUT2D eigenvalue weighted by Gasteiger charge is -2.32. The average molecular weight is 312 g/mol. The number of H-pyrrole nitrogens is 2. The molecule has 8 nitrogen and oxygen atoms in total. The first-order valence-corrected chi connectivity index (χ1v) is 7.85. The van der Waals surface area contributed by atoms with Gasteiger partial charge in [0.1, 0.15) is 23.6 Å². The molecule has 0 unspecified atom stereocenters. The fraction of sp³-hybridized carbons (Fsp3) is 0.467. The number of aromatic nitrogens is 6. The molecule has 0 bridgehead atoms. The molecule has 2 N–H and O–H groups in total. The van der Waals surface area contributed by atoms with Gasteiger partial charge in [-0.3, -0.25) is 5.10 Å². The Morgan fingerprint density at radius 1 is 1.22 bits per heavy atom. The Labute approximate surface area is 134 Å². The van der Waals surface area contributed by atoms with E-state index in [1.54, 1.807) is 6.33 Å². The molecule has 1 aliphatic heterocycles. The van der Waals surface area contributed by atoms with E-state index in [1.165, 1.54) is 0 Å². The van der Waals surface area contributed by atoms with Gasteiger partial charge in [-0.1, -0.05) is 0 Å². The Morgan fingerprint density at radius 3 is 2.78 bits per heavy atom. The molecule has 8 heteroatoms. The molecule has 4 heterocycles. The fourth-order valence-electron chi connectivity index (χ4n) is 3.12. The number of nitrogens with zero attached hydrogens (tertiary/aromatic N) is 6. The van der Waals surface area contributed by atoms with Crippen LogP contribution in [0.3, 0.4) is 0 Å². The van der Waals surface area contributed by atoms with Crippen molar-refractivity contribution in [2.24, 2.45) is 0 Å². The summed E-state index contributed by atoms with van der Waals surface area (Å²) >= 11 is 0. The monoisotopic (exact) mass is 312 g/mol. The van der Waals surface area contributed by atoms with Gasteiger partial charge in [0.25, 0.3) is 0 Å². The van der Waals surface area contributed by atoms with Crippen LogP contribution < -0.4 is 9.80 Å². The molecule has 0 saturated carbocycles. The highest BCUT2D eigenvalue weighted by molar-refractivity contribution is 5.87. The molecule has 3 aromatic heterocycles. The largest absolute Gasteiger partial charge is 0.356 e. The molecule has 4 rings (SSSR count). The van der Waals surface area contributed by atoms with Crippen molar-refractivity contribution in [3.63, 3.8) is 0 Å². The number of hydrogen-bond acceptors (Lipinski definition) is 6. The summed E-state index contributed by atoms with van der Waals surface area (Å²) in [6.45, 7) is 1.92. The number of hydrogen-bond donors (Lipinski definition) is 2. The molecule has 0 aromatic carbocycles. The number of piperidine rings is 1. The molecule has 0 spiro atoms. The maximum Gasteiger partial charge on any atom is 0.244 e. The van der Waals surface area contributed by atoms with Crippen molar-refractivity contribution >= 4 is 22.8 Å². The van der Waals surface area contributed by atoms with Crippen LogP contribution in [0.2, 0.25) is 0 Å².